The monoisotopic (exact) mass is 523 g/mol. The molecule has 0 aliphatic rings. The third kappa shape index (κ3) is 8.19. The minimum atomic E-state index is 0. The van der Waals surface area contributed by atoms with Crippen molar-refractivity contribution in [3.8, 4) is 0 Å². The van der Waals surface area contributed by atoms with Crippen molar-refractivity contribution in [3.05, 3.63) is 78.3 Å². The van der Waals surface area contributed by atoms with Gasteiger partial charge in [0, 0.05) is 52.1 Å². The van der Waals surface area contributed by atoms with Crippen LogP contribution in [0.2, 0.25) is 0 Å². The molecule has 2 N–H and O–H groups in total. The number of aromatic nitrogens is 2. The molecular weight excluding hydrogens is 493 g/mol. The number of aliphatic imine (C=N–C) groups is 1. The molecule has 162 valence electrons. The molecule has 0 radical (unpaired) electrons. The molecule has 2 aromatic heterocycles. The SMILES string of the molecule is CN=C(NCCCOCc1ccco1)NCCc1nccn1Cc1ccccc1.I. The van der Waals surface area contributed by atoms with Gasteiger partial charge in [0.2, 0.25) is 0 Å². The molecule has 8 heteroatoms. The zero-order chi connectivity index (χ0) is 20.2. The number of furan rings is 1. The van der Waals surface area contributed by atoms with E-state index in [9.17, 15) is 0 Å². The van der Waals surface area contributed by atoms with E-state index in [-0.39, 0.29) is 24.0 Å². The van der Waals surface area contributed by atoms with E-state index in [0.717, 1.165) is 50.0 Å². The Morgan fingerprint density at radius 1 is 1.13 bits per heavy atom. The third-order valence-corrected chi connectivity index (χ3v) is 4.44. The number of imidazole rings is 1. The first-order valence-corrected chi connectivity index (χ1v) is 9.93. The van der Waals surface area contributed by atoms with Gasteiger partial charge in [-0.15, -0.1) is 24.0 Å². The molecule has 0 fully saturated rings. The van der Waals surface area contributed by atoms with E-state index < -0.39 is 0 Å². The van der Waals surface area contributed by atoms with Crippen LogP contribution in [0.1, 0.15) is 23.6 Å². The highest BCUT2D eigenvalue weighted by molar-refractivity contribution is 14.0. The molecule has 0 atom stereocenters. The van der Waals surface area contributed by atoms with Crippen molar-refractivity contribution in [2.45, 2.75) is 26.0 Å². The third-order valence-electron chi connectivity index (χ3n) is 4.44. The van der Waals surface area contributed by atoms with Gasteiger partial charge in [0.1, 0.15) is 18.2 Å². The Hall–Kier alpha value is -2.33. The van der Waals surface area contributed by atoms with Gasteiger partial charge in [-0.25, -0.2) is 4.98 Å². The van der Waals surface area contributed by atoms with Gasteiger partial charge in [-0.1, -0.05) is 30.3 Å². The molecule has 0 spiro atoms. The average molecular weight is 523 g/mol. The lowest BCUT2D eigenvalue weighted by Gasteiger charge is -2.12. The first-order chi connectivity index (χ1) is 14.3. The Labute approximate surface area is 195 Å². The van der Waals surface area contributed by atoms with Crippen molar-refractivity contribution in [3.63, 3.8) is 0 Å². The first kappa shape index (κ1) is 23.9. The van der Waals surface area contributed by atoms with E-state index in [1.807, 2.05) is 30.6 Å². The summed E-state index contributed by atoms with van der Waals surface area (Å²) >= 11 is 0. The van der Waals surface area contributed by atoms with Gasteiger partial charge < -0.3 is 24.4 Å². The van der Waals surface area contributed by atoms with Crippen molar-refractivity contribution >= 4 is 29.9 Å². The second-order valence-corrected chi connectivity index (χ2v) is 6.62. The number of nitrogens with one attached hydrogen (secondary N) is 2. The lowest BCUT2D eigenvalue weighted by molar-refractivity contribution is 0.105. The number of benzene rings is 1. The molecule has 0 saturated carbocycles. The number of guanidine groups is 1. The number of hydrogen-bond acceptors (Lipinski definition) is 4. The van der Waals surface area contributed by atoms with E-state index in [1.165, 1.54) is 5.56 Å². The number of ether oxygens (including phenoxy) is 1. The van der Waals surface area contributed by atoms with Crippen LogP contribution in [-0.2, 0) is 24.3 Å². The molecule has 0 saturated heterocycles. The van der Waals surface area contributed by atoms with Gasteiger partial charge in [0.15, 0.2) is 5.96 Å². The maximum absolute atomic E-state index is 5.58. The molecule has 2 heterocycles. The van der Waals surface area contributed by atoms with Crippen molar-refractivity contribution in [2.75, 3.05) is 26.7 Å². The quantitative estimate of drug-likeness (QED) is 0.174. The van der Waals surface area contributed by atoms with Crippen molar-refractivity contribution in [1.29, 1.82) is 0 Å². The Balaban J connectivity index is 0.00000320. The van der Waals surface area contributed by atoms with E-state index in [0.29, 0.717) is 13.2 Å². The van der Waals surface area contributed by atoms with Crippen molar-refractivity contribution in [2.24, 2.45) is 4.99 Å². The van der Waals surface area contributed by atoms with Crippen LogP contribution in [0.3, 0.4) is 0 Å². The van der Waals surface area contributed by atoms with Crippen molar-refractivity contribution < 1.29 is 9.15 Å². The van der Waals surface area contributed by atoms with Gasteiger partial charge in [-0.2, -0.15) is 0 Å². The van der Waals surface area contributed by atoms with Crippen LogP contribution in [0.4, 0.5) is 0 Å². The Bertz CT molecular complexity index is 850. The highest BCUT2D eigenvalue weighted by Gasteiger charge is 2.04. The second kappa shape index (κ2) is 13.8. The normalized spacial score (nSPS) is 11.2. The van der Waals surface area contributed by atoms with Crippen LogP contribution in [0, 0.1) is 0 Å². The predicted molar refractivity (Wildman–Crippen MR) is 129 cm³/mol. The van der Waals surface area contributed by atoms with Crippen LogP contribution in [0.5, 0.6) is 0 Å². The highest BCUT2D eigenvalue weighted by atomic mass is 127. The van der Waals surface area contributed by atoms with Crippen LogP contribution >= 0.6 is 24.0 Å². The average Bonchev–Trinajstić information content (AvgIpc) is 3.42. The van der Waals surface area contributed by atoms with Gasteiger partial charge in [-0.3, -0.25) is 4.99 Å². The summed E-state index contributed by atoms with van der Waals surface area (Å²) in [6, 6.07) is 14.2. The largest absolute Gasteiger partial charge is 0.467 e. The molecule has 0 bridgehead atoms. The molecule has 0 aliphatic heterocycles. The summed E-state index contributed by atoms with van der Waals surface area (Å²) in [5.74, 6) is 2.70. The summed E-state index contributed by atoms with van der Waals surface area (Å²) in [5.41, 5.74) is 1.27. The predicted octanol–water partition coefficient (Wildman–Crippen LogP) is 3.46. The second-order valence-electron chi connectivity index (χ2n) is 6.62. The van der Waals surface area contributed by atoms with Crippen LogP contribution in [-0.4, -0.2) is 42.3 Å². The van der Waals surface area contributed by atoms with Gasteiger partial charge in [0.05, 0.1) is 6.26 Å². The maximum atomic E-state index is 5.58. The van der Waals surface area contributed by atoms with Crippen molar-refractivity contribution in [1.82, 2.24) is 20.2 Å². The lowest BCUT2D eigenvalue weighted by Crippen LogP contribution is -2.39. The van der Waals surface area contributed by atoms with E-state index in [4.69, 9.17) is 9.15 Å². The smallest absolute Gasteiger partial charge is 0.190 e. The van der Waals surface area contributed by atoms with Gasteiger partial charge in [0.25, 0.3) is 0 Å². The maximum Gasteiger partial charge on any atom is 0.190 e. The van der Waals surface area contributed by atoms with Gasteiger partial charge >= 0.3 is 0 Å². The summed E-state index contributed by atoms with van der Waals surface area (Å²) in [6.45, 7) is 3.57. The van der Waals surface area contributed by atoms with Crippen LogP contribution in [0.15, 0.2) is 70.5 Å². The fourth-order valence-electron chi connectivity index (χ4n) is 2.95. The summed E-state index contributed by atoms with van der Waals surface area (Å²) in [6.07, 6.45) is 7.26. The topological polar surface area (TPSA) is 76.6 Å². The first-order valence-electron chi connectivity index (χ1n) is 9.93. The molecule has 3 aromatic rings. The fourth-order valence-corrected chi connectivity index (χ4v) is 2.95. The minimum Gasteiger partial charge on any atom is -0.467 e. The molecule has 30 heavy (non-hydrogen) atoms. The number of hydrogen-bond donors (Lipinski definition) is 2. The van der Waals surface area contributed by atoms with E-state index in [2.05, 4.69) is 49.4 Å². The molecule has 0 amide bonds. The molecule has 0 unspecified atom stereocenters. The van der Waals surface area contributed by atoms with E-state index >= 15 is 0 Å². The zero-order valence-electron chi connectivity index (χ0n) is 17.3. The number of halogens is 1. The summed E-state index contributed by atoms with van der Waals surface area (Å²) in [5, 5.41) is 6.65. The van der Waals surface area contributed by atoms with Crippen LogP contribution in [0.25, 0.3) is 0 Å². The summed E-state index contributed by atoms with van der Waals surface area (Å²) in [4.78, 5) is 8.76. The summed E-state index contributed by atoms with van der Waals surface area (Å²) < 4.78 is 13.0. The standard InChI is InChI=1S/C22H29N5O2.HI/c1-23-22(25-11-6-15-28-18-20-9-5-16-29-20)26-12-10-21-24-13-14-27(21)17-19-7-3-2-4-8-19;/h2-5,7-9,13-14,16H,6,10-12,15,17-18H2,1H3,(H2,23,25,26);1H. The zero-order valence-corrected chi connectivity index (χ0v) is 19.6. The minimum absolute atomic E-state index is 0. The Morgan fingerprint density at radius 3 is 2.73 bits per heavy atom. The Kier molecular flexibility index (Phi) is 11.0. The molecule has 3 rings (SSSR count). The Morgan fingerprint density at radius 2 is 1.97 bits per heavy atom. The highest BCUT2D eigenvalue weighted by Crippen LogP contribution is 2.06. The molecule has 7 nitrogen and oxygen atoms in total. The lowest BCUT2D eigenvalue weighted by atomic mass is 10.2. The fraction of sp³-hybridized carbons (Fsp3) is 0.364. The molecule has 0 aliphatic carbocycles. The van der Waals surface area contributed by atoms with Gasteiger partial charge in [-0.05, 0) is 24.1 Å². The molecule has 1 aromatic carbocycles. The van der Waals surface area contributed by atoms with Crippen LogP contribution < -0.4 is 10.6 Å². The molecular formula is C22H30IN5O2. The summed E-state index contributed by atoms with van der Waals surface area (Å²) in [7, 11) is 1.78. The number of nitrogens with zero attached hydrogens (tertiary/aromatic N) is 3. The van der Waals surface area contributed by atoms with E-state index in [1.54, 1.807) is 13.3 Å². The number of rotatable bonds is 11.